The molecule has 2 heterocycles. The van der Waals surface area contributed by atoms with E-state index >= 15 is 0 Å². The van der Waals surface area contributed by atoms with Gasteiger partial charge in [0.25, 0.3) is 0 Å². The van der Waals surface area contributed by atoms with Gasteiger partial charge in [-0.1, -0.05) is 67.4 Å². The van der Waals surface area contributed by atoms with Crippen LogP contribution in [0.3, 0.4) is 0 Å². The molecule has 2 bridgehead atoms. The van der Waals surface area contributed by atoms with Crippen LogP contribution in [-0.4, -0.2) is 13.2 Å². The zero-order valence-electron chi connectivity index (χ0n) is 13.7. The molecular formula is C21H22O3. The number of hydrogen-bond acceptors (Lipinski definition) is 3. The van der Waals surface area contributed by atoms with E-state index in [0.717, 1.165) is 18.4 Å². The fourth-order valence-electron chi connectivity index (χ4n) is 4.94. The number of hydrogen-bond donors (Lipinski definition) is 0. The molecule has 2 aliphatic heterocycles. The number of rotatable bonds is 1. The zero-order valence-corrected chi connectivity index (χ0v) is 13.7. The molecule has 1 spiro atoms. The molecule has 124 valence electrons. The van der Waals surface area contributed by atoms with Crippen molar-refractivity contribution in [3.63, 3.8) is 0 Å². The van der Waals surface area contributed by atoms with Gasteiger partial charge in [0.2, 0.25) is 5.79 Å². The SMILES string of the molecule is c1ccc([C@]23OCCO[C@H](O2)c2ccccc2C32CCCC2)cc1. The molecule has 3 nitrogen and oxygen atoms in total. The average Bonchev–Trinajstić information content (AvgIpc) is 3.05. The first-order valence-corrected chi connectivity index (χ1v) is 8.94. The van der Waals surface area contributed by atoms with Crippen molar-refractivity contribution in [2.24, 2.45) is 0 Å². The Morgan fingerprint density at radius 2 is 1.58 bits per heavy atom. The fourth-order valence-corrected chi connectivity index (χ4v) is 4.94. The van der Waals surface area contributed by atoms with E-state index in [1.165, 1.54) is 24.0 Å². The molecule has 5 rings (SSSR count). The maximum Gasteiger partial charge on any atom is 0.207 e. The summed E-state index contributed by atoms with van der Waals surface area (Å²) in [7, 11) is 0. The van der Waals surface area contributed by atoms with Gasteiger partial charge >= 0.3 is 0 Å². The summed E-state index contributed by atoms with van der Waals surface area (Å²) in [5.41, 5.74) is 3.51. The Labute approximate surface area is 142 Å². The molecule has 24 heavy (non-hydrogen) atoms. The highest BCUT2D eigenvalue weighted by molar-refractivity contribution is 5.44. The van der Waals surface area contributed by atoms with E-state index < -0.39 is 5.79 Å². The molecule has 2 atom stereocenters. The van der Waals surface area contributed by atoms with Gasteiger partial charge in [-0.2, -0.15) is 0 Å². The summed E-state index contributed by atoms with van der Waals surface area (Å²) in [6, 6.07) is 19.1. The van der Waals surface area contributed by atoms with Crippen LogP contribution in [0.5, 0.6) is 0 Å². The third-order valence-electron chi connectivity index (χ3n) is 5.90. The van der Waals surface area contributed by atoms with E-state index in [4.69, 9.17) is 14.2 Å². The summed E-state index contributed by atoms with van der Waals surface area (Å²) >= 11 is 0. The first-order valence-electron chi connectivity index (χ1n) is 8.94. The smallest absolute Gasteiger partial charge is 0.207 e. The van der Waals surface area contributed by atoms with Gasteiger partial charge in [-0.15, -0.1) is 0 Å². The lowest BCUT2D eigenvalue weighted by Crippen LogP contribution is -2.54. The van der Waals surface area contributed by atoms with E-state index in [9.17, 15) is 0 Å². The Morgan fingerprint density at radius 1 is 0.833 bits per heavy atom. The van der Waals surface area contributed by atoms with Crippen molar-refractivity contribution in [1.82, 2.24) is 0 Å². The fraction of sp³-hybridized carbons (Fsp3) is 0.429. The second kappa shape index (κ2) is 5.41. The summed E-state index contributed by atoms with van der Waals surface area (Å²) in [4.78, 5) is 0. The summed E-state index contributed by atoms with van der Waals surface area (Å²) < 4.78 is 19.1. The second-order valence-electron chi connectivity index (χ2n) is 7.03. The maximum atomic E-state index is 6.64. The summed E-state index contributed by atoms with van der Waals surface area (Å²) in [5, 5.41) is 0. The second-order valence-corrected chi connectivity index (χ2v) is 7.03. The maximum absolute atomic E-state index is 6.64. The van der Waals surface area contributed by atoms with Crippen molar-refractivity contribution in [2.45, 2.75) is 43.2 Å². The molecule has 1 saturated heterocycles. The predicted octanol–water partition coefficient (Wildman–Crippen LogP) is 4.43. The van der Waals surface area contributed by atoms with Crippen LogP contribution in [0.15, 0.2) is 54.6 Å². The van der Waals surface area contributed by atoms with Gasteiger partial charge < -0.3 is 14.2 Å². The monoisotopic (exact) mass is 322 g/mol. The minimum atomic E-state index is -0.750. The minimum Gasteiger partial charge on any atom is -0.346 e. The lowest BCUT2D eigenvalue weighted by Gasteiger charge is -2.52. The van der Waals surface area contributed by atoms with Crippen LogP contribution in [0.4, 0.5) is 0 Å². The molecule has 3 heteroatoms. The first-order chi connectivity index (χ1) is 11.9. The van der Waals surface area contributed by atoms with Gasteiger partial charge in [-0.05, 0) is 18.4 Å². The number of ether oxygens (including phenoxy) is 3. The molecule has 1 aliphatic carbocycles. The third kappa shape index (κ3) is 1.83. The lowest BCUT2D eigenvalue weighted by molar-refractivity contribution is -0.333. The largest absolute Gasteiger partial charge is 0.346 e. The Hall–Kier alpha value is -1.68. The molecule has 0 aromatic heterocycles. The van der Waals surface area contributed by atoms with Gasteiger partial charge in [-0.25, -0.2) is 0 Å². The third-order valence-corrected chi connectivity index (χ3v) is 5.90. The number of benzene rings is 2. The van der Waals surface area contributed by atoms with Crippen LogP contribution in [0.1, 0.15) is 48.7 Å². The van der Waals surface area contributed by atoms with E-state index in [2.05, 4.69) is 48.5 Å². The van der Waals surface area contributed by atoms with Crippen LogP contribution in [0, 0.1) is 0 Å². The molecule has 0 N–H and O–H groups in total. The molecular weight excluding hydrogens is 300 g/mol. The molecule has 1 saturated carbocycles. The van der Waals surface area contributed by atoms with Gasteiger partial charge in [0, 0.05) is 11.1 Å². The van der Waals surface area contributed by atoms with E-state index in [-0.39, 0.29) is 11.7 Å². The highest BCUT2D eigenvalue weighted by atomic mass is 16.8. The van der Waals surface area contributed by atoms with Crippen molar-refractivity contribution < 1.29 is 14.2 Å². The standard InChI is InChI=1S/C21H22O3/c1-2-8-16(9-3-1)21-20(12-6-7-13-20)18-11-5-4-10-17(18)19(24-21)22-14-15-23-21/h1-5,8-11,19H,6-7,12-15H2/t19-,21+/m1/s1. The van der Waals surface area contributed by atoms with E-state index in [1.807, 2.05) is 6.07 Å². The molecule has 0 unspecified atom stereocenters. The molecule has 0 amide bonds. The van der Waals surface area contributed by atoms with Crippen molar-refractivity contribution in [3.8, 4) is 0 Å². The summed E-state index contributed by atoms with van der Waals surface area (Å²) in [6.45, 7) is 1.12. The lowest BCUT2D eigenvalue weighted by atomic mass is 9.66. The van der Waals surface area contributed by atoms with Gasteiger partial charge in [0.15, 0.2) is 6.29 Å². The Morgan fingerprint density at radius 3 is 2.42 bits per heavy atom. The van der Waals surface area contributed by atoms with Crippen LogP contribution >= 0.6 is 0 Å². The highest BCUT2D eigenvalue weighted by Gasteiger charge is 2.62. The van der Waals surface area contributed by atoms with Crippen LogP contribution in [0.2, 0.25) is 0 Å². The van der Waals surface area contributed by atoms with Crippen molar-refractivity contribution in [2.75, 3.05) is 13.2 Å². The Balaban J connectivity index is 1.80. The average molecular weight is 322 g/mol. The van der Waals surface area contributed by atoms with Crippen LogP contribution < -0.4 is 0 Å². The van der Waals surface area contributed by atoms with Crippen molar-refractivity contribution >= 4 is 0 Å². The molecule has 2 aromatic carbocycles. The molecule has 0 radical (unpaired) electrons. The van der Waals surface area contributed by atoms with Gasteiger partial charge in [0.1, 0.15) is 0 Å². The topological polar surface area (TPSA) is 27.7 Å². The Kier molecular flexibility index (Phi) is 3.30. The summed E-state index contributed by atoms with van der Waals surface area (Å²) in [5.74, 6) is -0.750. The van der Waals surface area contributed by atoms with Crippen molar-refractivity contribution in [3.05, 3.63) is 71.3 Å². The molecule has 3 aliphatic rings. The Bertz CT molecular complexity index is 736. The normalized spacial score (nSPS) is 30.8. The van der Waals surface area contributed by atoms with Gasteiger partial charge in [-0.3, -0.25) is 0 Å². The van der Waals surface area contributed by atoms with Crippen LogP contribution in [-0.2, 0) is 25.4 Å². The molecule has 2 aromatic rings. The van der Waals surface area contributed by atoms with Crippen LogP contribution in [0.25, 0.3) is 0 Å². The summed E-state index contributed by atoms with van der Waals surface area (Å²) in [6.07, 6.45) is 4.25. The first kappa shape index (κ1) is 14.6. The predicted molar refractivity (Wildman–Crippen MR) is 90.4 cm³/mol. The number of fused-ring (bicyclic) bond motifs is 6. The molecule has 2 fully saturated rings. The quantitative estimate of drug-likeness (QED) is 0.777. The van der Waals surface area contributed by atoms with E-state index in [0.29, 0.717) is 13.2 Å². The van der Waals surface area contributed by atoms with Gasteiger partial charge in [0.05, 0.1) is 18.6 Å². The minimum absolute atomic E-state index is 0.130. The zero-order chi connectivity index (χ0) is 16.0. The van der Waals surface area contributed by atoms with Crippen molar-refractivity contribution in [1.29, 1.82) is 0 Å². The van der Waals surface area contributed by atoms with E-state index in [1.54, 1.807) is 0 Å². The highest BCUT2D eigenvalue weighted by Crippen LogP contribution is 2.61.